The Labute approximate surface area is 98.2 Å². The second-order valence-corrected chi connectivity index (χ2v) is 3.79. The Morgan fingerprint density at radius 1 is 1.41 bits per heavy atom. The minimum atomic E-state index is -4.07. The quantitative estimate of drug-likeness (QED) is 0.754. The van der Waals surface area contributed by atoms with E-state index in [1.165, 1.54) is 6.33 Å². The van der Waals surface area contributed by atoms with E-state index < -0.39 is 12.6 Å². The average Bonchev–Trinajstić information content (AvgIpc) is 2.64. The van der Waals surface area contributed by atoms with E-state index in [2.05, 4.69) is 15.4 Å². The van der Waals surface area contributed by atoms with Crippen LogP contribution < -0.4 is 5.32 Å². The summed E-state index contributed by atoms with van der Waals surface area (Å²) in [6, 6.07) is 0. The molecule has 1 aromatic rings. The third-order valence-corrected chi connectivity index (χ3v) is 2.23. The highest BCUT2D eigenvalue weighted by molar-refractivity contribution is 4.83. The molecule has 0 atom stereocenters. The Morgan fingerprint density at radius 3 is 2.82 bits per heavy atom. The monoisotopic (exact) mass is 250 g/mol. The van der Waals surface area contributed by atoms with Gasteiger partial charge in [-0.3, -0.25) is 0 Å². The summed E-state index contributed by atoms with van der Waals surface area (Å²) in [5.41, 5.74) is 0. The van der Waals surface area contributed by atoms with Crippen molar-refractivity contribution in [2.24, 2.45) is 0 Å². The molecule has 7 heteroatoms. The number of aromatic nitrogens is 3. The highest BCUT2D eigenvalue weighted by Crippen LogP contribution is 2.20. The molecule has 0 saturated heterocycles. The molecule has 0 bridgehead atoms. The molecule has 0 aliphatic rings. The van der Waals surface area contributed by atoms with Crippen LogP contribution >= 0.6 is 0 Å². The summed E-state index contributed by atoms with van der Waals surface area (Å²) in [7, 11) is 0. The first-order valence-electron chi connectivity index (χ1n) is 5.67. The molecule has 0 radical (unpaired) electrons. The fourth-order valence-corrected chi connectivity index (χ4v) is 1.44. The summed E-state index contributed by atoms with van der Waals surface area (Å²) < 4.78 is 37.4. The van der Waals surface area contributed by atoms with Crippen molar-refractivity contribution < 1.29 is 13.2 Å². The average molecular weight is 250 g/mol. The lowest BCUT2D eigenvalue weighted by atomic mass is 10.3. The fourth-order valence-electron chi connectivity index (χ4n) is 1.44. The summed E-state index contributed by atoms with van der Waals surface area (Å²) in [5.74, 6) is 0.763. The number of rotatable bonds is 7. The predicted molar refractivity (Wildman–Crippen MR) is 57.3 cm³/mol. The zero-order valence-electron chi connectivity index (χ0n) is 9.80. The molecule has 0 aliphatic carbocycles. The second kappa shape index (κ2) is 6.58. The van der Waals surface area contributed by atoms with Crippen LogP contribution in [0.2, 0.25) is 0 Å². The summed E-state index contributed by atoms with van der Waals surface area (Å²) in [6.07, 6.45) is -2.32. The van der Waals surface area contributed by atoms with Gasteiger partial charge >= 0.3 is 6.18 Å². The smallest absolute Gasteiger partial charge is 0.310 e. The molecule has 0 saturated carbocycles. The van der Waals surface area contributed by atoms with Crippen LogP contribution in [0.15, 0.2) is 6.33 Å². The van der Waals surface area contributed by atoms with Crippen molar-refractivity contribution in [3.63, 3.8) is 0 Å². The standard InChI is InChI=1S/C10H17F3N4/c1-2-6-17-9(15-8-16-17)7-14-5-3-4-10(11,12)13/h8,14H,2-7H2,1H3. The van der Waals surface area contributed by atoms with E-state index in [1.807, 2.05) is 6.92 Å². The maximum atomic E-state index is 11.9. The lowest BCUT2D eigenvalue weighted by Gasteiger charge is -2.07. The van der Waals surface area contributed by atoms with Crippen molar-refractivity contribution in [1.29, 1.82) is 0 Å². The van der Waals surface area contributed by atoms with Crippen LogP contribution in [0.4, 0.5) is 13.2 Å². The maximum absolute atomic E-state index is 11.9. The van der Waals surface area contributed by atoms with Gasteiger partial charge in [-0.2, -0.15) is 18.3 Å². The van der Waals surface area contributed by atoms with Gasteiger partial charge in [0.25, 0.3) is 0 Å². The highest BCUT2D eigenvalue weighted by atomic mass is 19.4. The molecule has 17 heavy (non-hydrogen) atoms. The Kier molecular flexibility index (Phi) is 5.40. The van der Waals surface area contributed by atoms with Crippen LogP contribution in [-0.2, 0) is 13.1 Å². The lowest BCUT2D eigenvalue weighted by Crippen LogP contribution is -2.20. The van der Waals surface area contributed by atoms with E-state index >= 15 is 0 Å². The SMILES string of the molecule is CCCn1ncnc1CNCCCC(F)(F)F. The van der Waals surface area contributed by atoms with Gasteiger partial charge in [0.1, 0.15) is 12.2 Å². The molecule has 0 fully saturated rings. The van der Waals surface area contributed by atoms with Crippen molar-refractivity contribution in [1.82, 2.24) is 20.1 Å². The van der Waals surface area contributed by atoms with Gasteiger partial charge in [-0.1, -0.05) is 6.92 Å². The molecule has 1 heterocycles. The third kappa shape index (κ3) is 5.67. The maximum Gasteiger partial charge on any atom is 0.389 e. The van der Waals surface area contributed by atoms with Crippen molar-refractivity contribution in [3.05, 3.63) is 12.2 Å². The molecule has 0 aromatic carbocycles. The first-order valence-corrected chi connectivity index (χ1v) is 5.67. The number of alkyl halides is 3. The molecule has 1 N–H and O–H groups in total. The van der Waals surface area contributed by atoms with E-state index in [-0.39, 0.29) is 6.42 Å². The molecular formula is C10H17F3N4. The van der Waals surface area contributed by atoms with Gasteiger partial charge in [0.05, 0.1) is 6.54 Å². The van der Waals surface area contributed by atoms with Crippen LogP contribution in [0.25, 0.3) is 0 Å². The number of halogens is 3. The highest BCUT2D eigenvalue weighted by Gasteiger charge is 2.25. The zero-order valence-corrected chi connectivity index (χ0v) is 9.80. The van der Waals surface area contributed by atoms with Gasteiger partial charge < -0.3 is 5.32 Å². The zero-order chi connectivity index (χ0) is 12.7. The Morgan fingerprint density at radius 2 is 2.18 bits per heavy atom. The molecule has 4 nitrogen and oxygen atoms in total. The summed E-state index contributed by atoms with van der Waals surface area (Å²) >= 11 is 0. The van der Waals surface area contributed by atoms with Crippen LogP contribution in [-0.4, -0.2) is 27.5 Å². The van der Waals surface area contributed by atoms with Gasteiger partial charge in [0, 0.05) is 13.0 Å². The topological polar surface area (TPSA) is 42.7 Å². The van der Waals surface area contributed by atoms with Crippen LogP contribution in [0, 0.1) is 0 Å². The number of aryl methyl sites for hydroxylation is 1. The summed E-state index contributed by atoms with van der Waals surface area (Å²) in [5, 5.41) is 6.97. The van der Waals surface area contributed by atoms with Gasteiger partial charge in [-0.25, -0.2) is 9.67 Å². The van der Waals surface area contributed by atoms with Crippen LogP contribution in [0.1, 0.15) is 32.0 Å². The minimum Gasteiger partial charge on any atom is -0.310 e. The Hall–Kier alpha value is -1.11. The summed E-state index contributed by atoms with van der Waals surface area (Å²) in [4.78, 5) is 4.05. The number of nitrogens with one attached hydrogen (secondary N) is 1. The first kappa shape index (κ1) is 14.0. The first-order chi connectivity index (χ1) is 8.03. The van der Waals surface area contributed by atoms with Crippen molar-refractivity contribution in [2.45, 2.75) is 45.5 Å². The van der Waals surface area contributed by atoms with E-state index in [1.54, 1.807) is 4.68 Å². The van der Waals surface area contributed by atoms with E-state index in [4.69, 9.17) is 0 Å². The van der Waals surface area contributed by atoms with Crippen molar-refractivity contribution in [2.75, 3.05) is 6.54 Å². The largest absolute Gasteiger partial charge is 0.389 e. The van der Waals surface area contributed by atoms with Gasteiger partial charge in [0.2, 0.25) is 0 Å². The number of nitrogens with zero attached hydrogens (tertiary/aromatic N) is 3. The minimum absolute atomic E-state index is 0.0887. The summed E-state index contributed by atoms with van der Waals surface area (Å²) in [6.45, 7) is 3.60. The van der Waals surface area contributed by atoms with Crippen molar-refractivity contribution in [3.8, 4) is 0 Å². The van der Waals surface area contributed by atoms with E-state index in [0.717, 1.165) is 18.8 Å². The molecule has 0 unspecified atom stereocenters. The third-order valence-electron chi connectivity index (χ3n) is 2.23. The fraction of sp³-hybridized carbons (Fsp3) is 0.800. The van der Waals surface area contributed by atoms with Crippen LogP contribution in [0.3, 0.4) is 0 Å². The molecule has 1 rings (SSSR count). The number of hydrogen-bond acceptors (Lipinski definition) is 3. The van der Waals surface area contributed by atoms with Crippen molar-refractivity contribution >= 4 is 0 Å². The van der Waals surface area contributed by atoms with Gasteiger partial charge in [0.15, 0.2) is 0 Å². The van der Waals surface area contributed by atoms with Gasteiger partial charge in [-0.15, -0.1) is 0 Å². The predicted octanol–water partition coefficient (Wildman–Crippen LogP) is 2.12. The van der Waals surface area contributed by atoms with E-state index in [9.17, 15) is 13.2 Å². The number of hydrogen-bond donors (Lipinski definition) is 1. The Balaban J connectivity index is 2.20. The molecule has 0 amide bonds. The molecule has 0 spiro atoms. The molecule has 0 aliphatic heterocycles. The van der Waals surface area contributed by atoms with Crippen LogP contribution in [0.5, 0.6) is 0 Å². The molecule has 98 valence electrons. The second-order valence-electron chi connectivity index (χ2n) is 3.79. The van der Waals surface area contributed by atoms with Gasteiger partial charge in [-0.05, 0) is 19.4 Å². The lowest BCUT2D eigenvalue weighted by molar-refractivity contribution is -0.135. The molecular weight excluding hydrogens is 233 g/mol. The molecule has 1 aromatic heterocycles. The van der Waals surface area contributed by atoms with E-state index in [0.29, 0.717) is 13.1 Å². The normalized spacial score (nSPS) is 12.0. The Bertz CT molecular complexity index is 322.